The predicted octanol–water partition coefficient (Wildman–Crippen LogP) is 3.16. The Morgan fingerprint density at radius 2 is 0.938 bits per heavy atom. The number of benzene rings is 4. The van der Waals surface area contributed by atoms with Gasteiger partial charge >= 0.3 is 30.8 Å². The fourth-order valence-electron chi connectivity index (χ4n) is 8.35. The van der Waals surface area contributed by atoms with E-state index in [4.69, 9.17) is 4.74 Å². The molecule has 4 atom stereocenters. The average molecular weight is 881 g/mol. The molecular formula is C52H65LiN4O8. The smallest absolute Gasteiger partial charge is 0.870 e. The Balaban J connectivity index is 0.000000613. The molecule has 4 N–H and O–H groups in total. The van der Waals surface area contributed by atoms with Crippen molar-refractivity contribution in [2.45, 2.75) is 83.0 Å². The number of ether oxygens (including phenoxy) is 1. The summed E-state index contributed by atoms with van der Waals surface area (Å²) in [5.74, 6) is 9.37. The first-order chi connectivity index (χ1) is 29.6. The third-order valence-corrected chi connectivity index (χ3v) is 11.8. The molecule has 2 aliphatic heterocycles. The van der Waals surface area contributed by atoms with Crippen molar-refractivity contribution in [2.24, 2.45) is 0 Å². The van der Waals surface area contributed by atoms with E-state index < -0.39 is 29.9 Å². The molecular weight excluding hydrogens is 816 g/mol. The second-order valence-electron chi connectivity index (χ2n) is 15.5. The standard InChI is InChI=1S/C26H30N2O3.C25H28N2O3.CH4.Li.2H2O/c1-4-5-17-27(2)22-16-18-28(23(19-22)26(30)31-3)25(29)24(20-12-8-6-9-13-20)21-14-10-7-11-15-21;1-3-4-16-26(2)21-15-17-27(22(18-21)25(29)30)24(28)23(19-11-7-5-8-12-19)20-13-9-6-10-14-20;;;;/h6-15,22-24H,16-19H2,1-3H3;5-14,21-23H,15-18H2,1-2H3,(H,29,30);1H4;;2*1H2/q;;;+1;;/p-1/t22-,23+;21-,22+;;;;/m11..../s1. The molecule has 2 saturated heterocycles. The van der Waals surface area contributed by atoms with E-state index in [1.807, 2.05) is 142 Å². The van der Waals surface area contributed by atoms with Gasteiger partial charge in [-0.05, 0) is 75.9 Å². The van der Waals surface area contributed by atoms with Crippen molar-refractivity contribution in [3.63, 3.8) is 0 Å². The van der Waals surface area contributed by atoms with E-state index >= 15 is 0 Å². The Kier molecular flexibility index (Phi) is 25.6. The zero-order valence-electron chi connectivity index (χ0n) is 37.9. The molecule has 6 rings (SSSR count). The van der Waals surface area contributed by atoms with Crippen LogP contribution in [-0.4, -0.2) is 131 Å². The Hall–Kier alpha value is -5.68. The molecule has 2 heterocycles. The fourth-order valence-corrected chi connectivity index (χ4v) is 8.35. The topological polar surface area (TPSA) is 172 Å². The summed E-state index contributed by atoms with van der Waals surface area (Å²) < 4.78 is 5.09. The van der Waals surface area contributed by atoms with Crippen LogP contribution in [0.15, 0.2) is 121 Å². The van der Waals surface area contributed by atoms with E-state index in [0.717, 1.165) is 35.1 Å². The first kappa shape index (κ1) is 57.3. The minimum absolute atomic E-state index is 0. The normalized spacial score (nSPS) is 17.4. The van der Waals surface area contributed by atoms with E-state index in [0.29, 0.717) is 39.0 Å². The molecule has 4 aromatic carbocycles. The van der Waals surface area contributed by atoms with Gasteiger partial charge < -0.3 is 30.6 Å². The summed E-state index contributed by atoms with van der Waals surface area (Å²) in [6.07, 6.45) is 2.46. The molecule has 0 bridgehead atoms. The molecule has 0 aromatic heterocycles. The number of carbonyl (C=O) groups excluding carboxylic acids is 3. The van der Waals surface area contributed by atoms with E-state index in [1.54, 1.807) is 16.7 Å². The average Bonchev–Trinajstić information content (AvgIpc) is 3.31. The van der Waals surface area contributed by atoms with Gasteiger partial charge in [-0.25, -0.2) is 9.59 Å². The SMILES string of the molecule is C.CC#CCN(C)[C@@H]1CCN(C(=O)C(c2ccccc2)c2ccccc2)[C@H](C(=O)O)C1.CC#CCN(C)[C@@H]1CCN(C(=O)C(c2ccccc2)c2ccccc2)[C@H](C(=O)OC)C1.O.[Li+].[OH-]. The Labute approximate surface area is 398 Å². The summed E-state index contributed by atoms with van der Waals surface area (Å²) in [4.78, 5) is 59.9. The second kappa shape index (κ2) is 29.0. The van der Waals surface area contributed by atoms with Crippen LogP contribution in [0.4, 0.5) is 0 Å². The van der Waals surface area contributed by atoms with E-state index in [9.17, 15) is 24.3 Å². The number of likely N-dealkylation sites (tertiary alicyclic amines) is 2. The van der Waals surface area contributed by atoms with E-state index in [1.165, 1.54) is 7.11 Å². The maximum atomic E-state index is 13.9. The molecule has 13 heteroatoms. The Morgan fingerprint density at radius 1 is 0.631 bits per heavy atom. The van der Waals surface area contributed by atoms with Crippen LogP contribution in [0, 0.1) is 23.7 Å². The van der Waals surface area contributed by atoms with E-state index in [-0.39, 0.29) is 67.1 Å². The quantitative estimate of drug-likeness (QED) is 0.128. The van der Waals surface area contributed by atoms with E-state index in [2.05, 4.69) is 33.5 Å². The molecule has 2 amide bonds. The van der Waals surface area contributed by atoms with Crippen LogP contribution in [0.1, 0.15) is 81.0 Å². The van der Waals surface area contributed by atoms with Crippen molar-refractivity contribution < 1.29 is 58.8 Å². The summed E-state index contributed by atoms with van der Waals surface area (Å²) in [6, 6.07) is 37.4. The molecule has 0 aliphatic carbocycles. The Morgan fingerprint density at radius 3 is 1.23 bits per heavy atom. The maximum absolute atomic E-state index is 13.9. The van der Waals surface area contributed by atoms with Crippen molar-refractivity contribution in [1.82, 2.24) is 19.6 Å². The maximum Gasteiger partial charge on any atom is 1.00 e. The summed E-state index contributed by atoms with van der Waals surface area (Å²) in [5.41, 5.74) is 3.57. The zero-order valence-corrected chi connectivity index (χ0v) is 37.9. The summed E-state index contributed by atoms with van der Waals surface area (Å²) >= 11 is 0. The number of nitrogens with zero attached hydrogens (tertiary/aromatic N) is 4. The van der Waals surface area contributed by atoms with Crippen LogP contribution in [-0.2, 0) is 23.9 Å². The van der Waals surface area contributed by atoms with Crippen molar-refractivity contribution in [1.29, 1.82) is 0 Å². The van der Waals surface area contributed by atoms with Gasteiger partial charge in [-0.2, -0.15) is 0 Å². The van der Waals surface area contributed by atoms with Crippen molar-refractivity contribution in [3.05, 3.63) is 144 Å². The molecule has 0 radical (unpaired) electrons. The summed E-state index contributed by atoms with van der Waals surface area (Å²) in [6.45, 7) is 5.77. The molecule has 342 valence electrons. The molecule has 12 nitrogen and oxygen atoms in total. The van der Waals surface area contributed by atoms with Gasteiger partial charge in [0.25, 0.3) is 0 Å². The number of piperidine rings is 2. The predicted molar refractivity (Wildman–Crippen MR) is 251 cm³/mol. The van der Waals surface area contributed by atoms with Crippen LogP contribution in [0.25, 0.3) is 0 Å². The first-order valence-corrected chi connectivity index (χ1v) is 20.9. The Bertz CT molecular complexity index is 2100. The van der Waals surface area contributed by atoms with Crippen LogP contribution in [0.3, 0.4) is 0 Å². The van der Waals surface area contributed by atoms with Gasteiger partial charge in [0.2, 0.25) is 11.8 Å². The number of amides is 2. The third-order valence-electron chi connectivity index (χ3n) is 11.8. The summed E-state index contributed by atoms with van der Waals surface area (Å²) in [7, 11) is 5.35. The number of rotatable bonds is 12. The molecule has 0 spiro atoms. The third kappa shape index (κ3) is 15.2. The van der Waals surface area contributed by atoms with Crippen molar-refractivity contribution in [2.75, 3.05) is 47.4 Å². The van der Waals surface area contributed by atoms with Gasteiger partial charge in [0, 0.05) is 25.2 Å². The molecule has 0 saturated carbocycles. The monoisotopic (exact) mass is 880 g/mol. The largest absolute Gasteiger partial charge is 1.00 e. The number of hydrogen-bond donors (Lipinski definition) is 1. The number of carbonyl (C=O) groups is 4. The number of aliphatic carboxylic acids is 1. The number of carboxylic acid groups (broad SMARTS) is 1. The van der Waals surface area contributed by atoms with Crippen molar-refractivity contribution in [3.8, 4) is 23.7 Å². The van der Waals surface area contributed by atoms with Crippen LogP contribution in [0.2, 0.25) is 0 Å². The van der Waals surface area contributed by atoms with Gasteiger partial charge in [0.1, 0.15) is 12.1 Å². The second-order valence-corrected chi connectivity index (χ2v) is 15.5. The van der Waals surface area contributed by atoms with Crippen LogP contribution in [0.5, 0.6) is 0 Å². The molecule has 2 aliphatic rings. The summed E-state index contributed by atoms with van der Waals surface area (Å²) in [5, 5.41) is 9.92. The van der Waals surface area contributed by atoms with Gasteiger partial charge in [-0.1, -0.05) is 141 Å². The van der Waals surface area contributed by atoms with Gasteiger partial charge in [0.15, 0.2) is 0 Å². The minimum Gasteiger partial charge on any atom is -0.870 e. The first-order valence-electron chi connectivity index (χ1n) is 20.9. The number of hydrogen-bond acceptors (Lipinski definition) is 8. The zero-order chi connectivity index (χ0) is 43.7. The fraction of sp³-hybridized carbons (Fsp3) is 0.385. The molecule has 0 unspecified atom stereocenters. The number of carboxylic acids is 1. The van der Waals surface area contributed by atoms with Crippen molar-refractivity contribution >= 4 is 23.8 Å². The number of methoxy groups -OCH3 is 1. The molecule has 2 fully saturated rings. The van der Waals surface area contributed by atoms with Gasteiger partial charge in [-0.3, -0.25) is 19.4 Å². The number of esters is 1. The van der Waals surface area contributed by atoms with Crippen LogP contribution < -0.4 is 18.9 Å². The van der Waals surface area contributed by atoms with Gasteiger partial charge in [-0.15, -0.1) is 11.8 Å². The molecule has 65 heavy (non-hydrogen) atoms. The minimum atomic E-state index is -0.956. The van der Waals surface area contributed by atoms with Gasteiger partial charge in [0.05, 0.1) is 32.0 Å². The molecule has 4 aromatic rings. The van der Waals surface area contributed by atoms with Crippen LogP contribution >= 0.6 is 0 Å².